The van der Waals surface area contributed by atoms with E-state index < -0.39 is 26.7 Å². The molecule has 0 amide bonds. The number of aliphatic imine (C=N–C) groups is 1. The monoisotopic (exact) mass is 1020 g/mol. The smallest absolute Gasteiger partial charge is 0.120 e. The normalized spacial score (nSPS) is 15.1. The first-order chi connectivity index (χ1) is 31.9. The van der Waals surface area contributed by atoms with Crippen molar-refractivity contribution in [1.82, 2.24) is 4.98 Å². The molecule has 0 fully saturated rings. The summed E-state index contributed by atoms with van der Waals surface area (Å²) < 4.78 is 46.5. The molecule has 0 aliphatic carbocycles. The first kappa shape index (κ1) is 37.6. The van der Waals surface area contributed by atoms with Crippen molar-refractivity contribution < 1.29 is 31.4 Å². The van der Waals surface area contributed by atoms with Crippen LogP contribution in [-0.4, -0.2) is 18.8 Å². The maximum Gasteiger partial charge on any atom is 0.120 e. The summed E-state index contributed by atoms with van der Waals surface area (Å²) in [6.07, 6.45) is 0.269. The summed E-state index contributed by atoms with van der Waals surface area (Å²) in [5.41, 5.74) is 13.4. The van der Waals surface area contributed by atoms with Crippen molar-refractivity contribution in [3.8, 4) is 33.5 Å². The van der Waals surface area contributed by atoms with E-state index in [0.29, 0.717) is 16.8 Å². The summed E-state index contributed by atoms with van der Waals surface area (Å²) in [6.45, 7) is 10.1. The maximum atomic E-state index is 8.79. The van der Waals surface area contributed by atoms with Crippen LogP contribution in [0.4, 0.5) is 5.69 Å². The van der Waals surface area contributed by atoms with E-state index in [0.717, 1.165) is 44.1 Å². The summed E-state index contributed by atoms with van der Waals surface area (Å²) in [6, 6.07) is 61.9. The molecule has 0 saturated carbocycles. The van der Waals surface area contributed by atoms with Crippen molar-refractivity contribution in [3.63, 3.8) is 0 Å². The first-order valence-electron chi connectivity index (χ1n) is 23.7. The predicted octanol–water partition coefficient (Wildman–Crippen LogP) is 15.0. The van der Waals surface area contributed by atoms with E-state index in [1.807, 2.05) is 45.0 Å². The molecule has 3 heterocycles. The number of furan rings is 1. The molecule has 63 heavy (non-hydrogen) atoms. The Balaban J connectivity index is 0.000000197. The Morgan fingerprint density at radius 1 is 0.730 bits per heavy atom. The van der Waals surface area contributed by atoms with E-state index in [2.05, 4.69) is 158 Å². The third-order valence-corrected chi connectivity index (χ3v) is 13.2. The molecule has 1 unspecified atom stereocenters. The molecule has 10 rings (SSSR count). The summed E-state index contributed by atoms with van der Waals surface area (Å²) in [5.74, 6) is -0.0992. The molecule has 0 saturated heterocycles. The fraction of sp³-hybridized carbons (Fsp3) is 0.172. The summed E-state index contributed by atoms with van der Waals surface area (Å²) in [7, 11) is -1.81. The largest absolute Gasteiger partial charge is 0.501 e. The number of hydrogen-bond acceptors (Lipinski definition) is 3. The molecule has 1 atom stereocenters. The van der Waals surface area contributed by atoms with Crippen molar-refractivity contribution in [2.75, 3.05) is 0 Å². The van der Waals surface area contributed by atoms with Crippen LogP contribution in [0.25, 0.3) is 55.4 Å². The van der Waals surface area contributed by atoms with Gasteiger partial charge in [-0.05, 0) is 73.9 Å². The molecule has 7 aromatic carbocycles. The van der Waals surface area contributed by atoms with Gasteiger partial charge in [0.1, 0.15) is 5.58 Å². The van der Waals surface area contributed by atoms with Gasteiger partial charge in [-0.25, -0.2) is 0 Å². The zero-order chi connectivity index (χ0) is 47.3. The molecule has 3 nitrogen and oxygen atoms in total. The van der Waals surface area contributed by atoms with Crippen LogP contribution in [0, 0.1) is 24.4 Å². The maximum absolute atomic E-state index is 8.79. The number of para-hydroxylation sites is 2. The van der Waals surface area contributed by atoms with E-state index in [1.165, 1.54) is 39.4 Å². The van der Waals surface area contributed by atoms with Crippen LogP contribution in [0.3, 0.4) is 0 Å². The minimum Gasteiger partial charge on any atom is -0.501 e. The number of hydrogen-bond donors (Lipinski definition) is 0. The van der Waals surface area contributed by atoms with Crippen LogP contribution in [0.5, 0.6) is 0 Å². The molecule has 5 heteroatoms. The summed E-state index contributed by atoms with van der Waals surface area (Å²) in [5, 5.41) is 3.20. The second-order valence-electron chi connectivity index (χ2n) is 17.9. The Morgan fingerprint density at radius 2 is 1.40 bits per heavy atom. The van der Waals surface area contributed by atoms with Gasteiger partial charge in [0.25, 0.3) is 0 Å². The Bertz CT molecular complexity index is 3220. The molecule has 0 bridgehead atoms. The number of rotatable bonds is 7. The van der Waals surface area contributed by atoms with E-state index in [9.17, 15) is 0 Å². The van der Waals surface area contributed by atoms with Crippen molar-refractivity contribution in [2.45, 2.75) is 59.6 Å². The fourth-order valence-electron chi connectivity index (χ4n) is 8.46. The summed E-state index contributed by atoms with van der Waals surface area (Å²) in [4.78, 5) is 9.85. The number of benzene rings is 7. The van der Waals surface area contributed by atoms with Crippen LogP contribution >= 0.6 is 0 Å². The zero-order valence-corrected chi connectivity index (χ0v) is 39.8. The van der Waals surface area contributed by atoms with Gasteiger partial charge in [0.15, 0.2) is 0 Å². The van der Waals surface area contributed by atoms with Gasteiger partial charge in [0.05, 0.1) is 19.3 Å². The number of aryl methyl sites for hydroxylation is 1. The Kier molecular flexibility index (Phi) is 10.7. The Morgan fingerprint density at radius 3 is 2.05 bits per heavy atom. The third-order valence-electron chi connectivity index (χ3n) is 11.2. The van der Waals surface area contributed by atoms with Crippen LogP contribution < -0.4 is 5.19 Å². The predicted molar refractivity (Wildman–Crippen MR) is 264 cm³/mol. The first-order valence-corrected chi connectivity index (χ1v) is 24.7. The minimum absolute atomic E-state index is 0. The number of nitrogens with zero attached hydrogens (tertiary/aromatic N) is 2. The van der Waals surface area contributed by atoms with Crippen LogP contribution in [0.15, 0.2) is 179 Å². The van der Waals surface area contributed by atoms with Crippen molar-refractivity contribution in [1.29, 1.82) is 0 Å². The molecule has 1 radical (unpaired) electrons. The van der Waals surface area contributed by atoms with Gasteiger partial charge < -0.3 is 9.40 Å². The Labute approximate surface area is 394 Å². The molecule has 0 spiro atoms. The molecule has 315 valence electrons. The topological polar surface area (TPSA) is 38.4 Å². The number of fused-ring (bicyclic) bond motifs is 4. The van der Waals surface area contributed by atoms with Crippen molar-refractivity contribution >= 4 is 46.6 Å². The fourth-order valence-corrected chi connectivity index (χ4v) is 9.85. The van der Waals surface area contributed by atoms with Gasteiger partial charge in [-0.2, -0.15) is 0 Å². The number of aromatic nitrogens is 1. The van der Waals surface area contributed by atoms with E-state index in [1.54, 1.807) is 18.3 Å². The van der Waals surface area contributed by atoms with Gasteiger partial charge in [0.2, 0.25) is 0 Å². The molecule has 9 aromatic rings. The molecule has 1 aliphatic heterocycles. The second-order valence-corrected chi connectivity index (χ2v) is 23.0. The third kappa shape index (κ3) is 9.10. The van der Waals surface area contributed by atoms with Crippen molar-refractivity contribution in [2.24, 2.45) is 10.4 Å². The second kappa shape index (κ2) is 18.0. The average molecular weight is 1020 g/mol. The number of pyridine rings is 1. The van der Waals surface area contributed by atoms with Gasteiger partial charge in [0, 0.05) is 44.5 Å². The van der Waals surface area contributed by atoms with Crippen LogP contribution in [0.1, 0.15) is 61.4 Å². The zero-order valence-electron chi connectivity index (χ0n) is 41.4. The SMILES string of the molecule is [2H]C([2H])([2H])c1c[c-]c(-c2cc(C([2H])([2H])C(C)(C)C)c([Si](C)(C)C)cn2)cc1.[Ir].[c-]1ccc2c(oc3ccccc32)c1C1=Nc2ccccc2C1c1c(-c2ccccc2)cccc1-c1ccccc1. The molecule has 0 N–H and O–H groups in total. The van der Waals surface area contributed by atoms with Crippen LogP contribution in [0.2, 0.25) is 19.6 Å². The Hall–Kier alpha value is -5.97. The van der Waals surface area contributed by atoms with Gasteiger partial charge in [-0.3, -0.25) is 4.99 Å². The molecule has 1 aliphatic rings. The van der Waals surface area contributed by atoms with Gasteiger partial charge in [-0.1, -0.05) is 185 Å². The summed E-state index contributed by atoms with van der Waals surface area (Å²) >= 11 is 0. The quantitative estimate of drug-likeness (QED) is 0.118. The van der Waals surface area contributed by atoms with Gasteiger partial charge in [-0.15, -0.1) is 53.6 Å². The van der Waals surface area contributed by atoms with Crippen molar-refractivity contribution in [3.05, 3.63) is 210 Å². The molecule has 2 aromatic heterocycles. The minimum atomic E-state index is -2.17. The molecular formula is C58H52IrN2OSi-2. The average Bonchev–Trinajstić information content (AvgIpc) is 3.90. The van der Waals surface area contributed by atoms with Crippen LogP contribution in [-0.2, 0) is 26.5 Å². The van der Waals surface area contributed by atoms with E-state index in [4.69, 9.17) is 16.3 Å². The standard InChI is InChI=1S/C38H24NO.C20H28NSi.Ir/c1-3-13-25(14-4-1)27-19-11-20-28(26-15-5-2-6-16-26)35(27)36-31-18-7-9-23-33(31)39-37(36)32-22-12-21-30-29-17-8-10-24-34(29)40-38(30)32;1-15-8-10-16(11-9-15)18-12-17(13-20(2,3)4)19(14-21-18)22(5,6)7;/h1-21,23-24,36H;8-10,12,14H,13H2,1-7H3;/q2*-1;/i;1D3,13D2;. The van der Waals surface area contributed by atoms with E-state index in [-0.39, 0.29) is 31.6 Å². The molecular weight excluding hydrogens is 961 g/mol. The van der Waals surface area contributed by atoms with E-state index >= 15 is 0 Å². The van der Waals surface area contributed by atoms with Gasteiger partial charge >= 0.3 is 0 Å².